The fourth-order valence-corrected chi connectivity index (χ4v) is 2.23. The van der Waals surface area contributed by atoms with Crippen molar-refractivity contribution in [3.8, 4) is 0 Å². The lowest BCUT2D eigenvalue weighted by atomic mass is 10.1. The third-order valence-electron chi connectivity index (χ3n) is 3.23. The number of morpholine rings is 1. The van der Waals surface area contributed by atoms with E-state index >= 15 is 0 Å². The second-order valence-corrected chi connectivity index (χ2v) is 4.54. The summed E-state index contributed by atoms with van der Waals surface area (Å²) < 4.78 is 5.62. The fourth-order valence-electron chi connectivity index (χ4n) is 2.23. The molecule has 18 heavy (non-hydrogen) atoms. The van der Waals surface area contributed by atoms with Gasteiger partial charge in [0, 0.05) is 12.7 Å². The van der Waals surface area contributed by atoms with E-state index in [4.69, 9.17) is 4.74 Å². The Bertz CT molecular complexity index is 436. The van der Waals surface area contributed by atoms with Crippen molar-refractivity contribution in [2.75, 3.05) is 18.1 Å². The zero-order chi connectivity index (χ0) is 13.1. The summed E-state index contributed by atoms with van der Waals surface area (Å²) in [5.74, 6) is -0.390. The van der Waals surface area contributed by atoms with Gasteiger partial charge in [-0.25, -0.2) is 9.78 Å². The number of carboxylic acids is 1. The van der Waals surface area contributed by atoms with Gasteiger partial charge >= 0.3 is 5.97 Å². The average molecular weight is 250 g/mol. The molecule has 1 aromatic rings. The molecule has 0 bridgehead atoms. The maximum atomic E-state index is 11.2. The first-order valence-electron chi connectivity index (χ1n) is 6.20. The van der Waals surface area contributed by atoms with Crippen LogP contribution in [-0.2, 0) is 4.74 Å². The van der Waals surface area contributed by atoms with E-state index < -0.39 is 5.97 Å². The Morgan fingerprint density at radius 2 is 2.44 bits per heavy atom. The van der Waals surface area contributed by atoms with Crippen molar-refractivity contribution in [1.29, 1.82) is 0 Å². The summed E-state index contributed by atoms with van der Waals surface area (Å²) in [4.78, 5) is 17.5. The molecular formula is C13H18N2O3. The van der Waals surface area contributed by atoms with Crippen LogP contribution >= 0.6 is 0 Å². The van der Waals surface area contributed by atoms with Gasteiger partial charge in [-0.3, -0.25) is 0 Å². The number of hydrogen-bond acceptors (Lipinski definition) is 4. The molecule has 2 heterocycles. The van der Waals surface area contributed by atoms with Gasteiger partial charge in [0.15, 0.2) is 0 Å². The van der Waals surface area contributed by atoms with E-state index in [0.717, 1.165) is 6.42 Å². The van der Waals surface area contributed by atoms with Crippen LogP contribution in [0, 0.1) is 0 Å². The van der Waals surface area contributed by atoms with Crippen molar-refractivity contribution in [2.45, 2.75) is 32.4 Å². The Kier molecular flexibility index (Phi) is 3.81. The molecule has 1 aromatic heterocycles. The maximum Gasteiger partial charge on any atom is 0.339 e. The number of aromatic carboxylic acids is 1. The summed E-state index contributed by atoms with van der Waals surface area (Å²) in [6.45, 7) is 5.35. The molecule has 1 aliphatic rings. The Morgan fingerprint density at radius 3 is 3.11 bits per heavy atom. The van der Waals surface area contributed by atoms with Gasteiger partial charge in [0.25, 0.3) is 0 Å². The van der Waals surface area contributed by atoms with Crippen LogP contribution in [0.1, 0.15) is 30.6 Å². The summed E-state index contributed by atoms with van der Waals surface area (Å²) in [5.41, 5.74) is 0.255. The van der Waals surface area contributed by atoms with Crippen molar-refractivity contribution >= 4 is 11.8 Å². The van der Waals surface area contributed by atoms with Crippen molar-refractivity contribution in [3.05, 3.63) is 23.9 Å². The molecule has 0 spiro atoms. The highest BCUT2D eigenvalue weighted by Crippen LogP contribution is 2.24. The number of pyridine rings is 1. The fraction of sp³-hybridized carbons (Fsp3) is 0.538. The second kappa shape index (κ2) is 5.35. The molecule has 5 nitrogen and oxygen atoms in total. The number of rotatable bonds is 3. The van der Waals surface area contributed by atoms with Gasteiger partial charge in [-0.2, -0.15) is 0 Å². The Hall–Kier alpha value is -1.62. The highest BCUT2D eigenvalue weighted by Gasteiger charge is 2.29. The molecule has 0 amide bonds. The molecule has 1 N–H and O–H groups in total. The topological polar surface area (TPSA) is 62.7 Å². The van der Waals surface area contributed by atoms with E-state index in [0.29, 0.717) is 19.0 Å². The van der Waals surface area contributed by atoms with E-state index in [-0.39, 0.29) is 17.7 Å². The third-order valence-corrected chi connectivity index (χ3v) is 3.23. The second-order valence-electron chi connectivity index (χ2n) is 4.54. The lowest BCUT2D eigenvalue weighted by Crippen LogP contribution is -2.49. The smallest absolute Gasteiger partial charge is 0.339 e. The number of carbonyl (C=O) groups is 1. The van der Waals surface area contributed by atoms with Gasteiger partial charge in [-0.15, -0.1) is 0 Å². The van der Waals surface area contributed by atoms with Gasteiger partial charge < -0.3 is 14.7 Å². The lowest BCUT2D eigenvalue weighted by molar-refractivity contribution is 0.0294. The quantitative estimate of drug-likeness (QED) is 0.886. The van der Waals surface area contributed by atoms with Crippen LogP contribution in [-0.4, -0.2) is 41.4 Å². The number of nitrogens with zero attached hydrogens (tertiary/aromatic N) is 2. The third kappa shape index (κ3) is 2.46. The van der Waals surface area contributed by atoms with Crippen LogP contribution in [0.5, 0.6) is 0 Å². The van der Waals surface area contributed by atoms with E-state index in [2.05, 4.69) is 16.8 Å². The van der Waals surface area contributed by atoms with Gasteiger partial charge in [0.05, 0.1) is 18.8 Å². The van der Waals surface area contributed by atoms with E-state index in [1.807, 2.05) is 6.92 Å². The molecule has 2 atom stereocenters. The number of ether oxygens (including phenoxy) is 1. The largest absolute Gasteiger partial charge is 0.478 e. The first-order chi connectivity index (χ1) is 8.63. The monoisotopic (exact) mass is 250 g/mol. The molecule has 1 fully saturated rings. The van der Waals surface area contributed by atoms with Crippen LogP contribution < -0.4 is 4.90 Å². The van der Waals surface area contributed by atoms with Crippen molar-refractivity contribution in [3.63, 3.8) is 0 Å². The molecule has 2 unspecified atom stereocenters. The molecule has 0 saturated carbocycles. The molecule has 1 saturated heterocycles. The molecule has 2 rings (SSSR count). The Balaban J connectivity index is 2.36. The molecule has 5 heteroatoms. The predicted octanol–water partition coefficient (Wildman–Crippen LogP) is 1.78. The molecular weight excluding hydrogens is 232 g/mol. The number of aromatic nitrogens is 1. The number of hydrogen-bond donors (Lipinski definition) is 1. The standard InChI is InChI=1S/C13H18N2O3/c1-3-10-8-18-9(2)7-15(10)12-11(13(16)17)5-4-6-14-12/h4-6,9-10H,3,7-8H2,1-2H3,(H,16,17). The molecule has 0 aromatic carbocycles. The van der Waals surface area contributed by atoms with Crippen molar-refractivity contribution in [2.24, 2.45) is 0 Å². The summed E-state index contributed by atoms with van der Waals surface area (Å²) in [7, 11) is 0. The highest BCUT2D eigenvalue weighted by molar-refractivity contribution is 5.93. The first-order valence-corrected chi connectivity index (χ1v) is 6.20. The summed E-state index contributed by atoms with van der Waals surface area (Å²) in [5, 5.41) is 9.22. The minimum Gasteiger partial charge on any atom is -0.478 e. The van der Waals surface area contributed by atoms with Crippen molar-refractivity contribution < 1.29 is 14.6 Å². The van der Waals surface area contributed by atoms with Crippen LogP contribution in [0.3, 0.4) is 0 Å². The maximum absolute atomic E-state index is 11.2. The zero-order valence-corrected chi connectivity index (χ0v) is 10.7. The van der Waals surface area contributed by atoms with Crippen LogP contribution in [0.25, 0.3) is 0 Å². The van der Waals surface area contributed by atoms with E-state index in [1.165, 1.54) is 0 Å². The lowest BCUT2D eigenvalue weighted by Gasteiger charge is -2.39. The summed E-state index contributed by atoms with van der Waals surface area (Å²) in [6.07, 6.45) is 2.63. The first kappa shape index (κ1) is 12.8. The molecule has 0 aliphatic carbocycles. The van der Waals surface area contributed by atoms with Gasteiger partial charge in [0.1, 0.15) is 11.4 Å². The SMILES string of the molecule is CCC1COC(C)CN1c1ncccc1C(=O)O. The van der Waals surface area contributed by atoms with Gasteiger partial charge in [-0.05, 0) is 25.5 Å². The Morgan fingerprint density at radius 1 is 1.67 bits per heavy atom. The minimum atomic E-state index is -0.938. The van der Waals surface area contributed by atoms with Crippen molar-refractivity contribution in [1.82, 2.24) is 4.98 Å². The molecule has 0 radical (unpaired) electrons. The normalized spacial score (nSPS) is 24.0. The highest BCUT2D eigenvalue weighted by atomic mass is 16.5. The van der Waals surface area contributed by atoms with Crippen LogP contribution in [0.2, 0.25) is 0 Å². The van der Waals surface area contributed by atoms with E-state index in [9.17, 15) is 9.90 Å². The molecule has 98 valence electrons. The van der Waals surface area contributed by atoms with E-state index in [1.54, 1.807) is 18.3 Å². The number of carboxylic acid groups (broad SMARTS) is 1. The molecule has 1 aliphatic heterocycles. The van der Waals surface area contributed by atoms with Gasteiger partial charge in [0.2, 0.25) is 0 Å². The zero-order valence-electron chi connectivity index (χ0n) is 10.7. The predicted molar refractivity (Wildman–Crippen MR) is 68.0 cm³/mol. The minimum absolute atomic E-state index is 0.0939. The average Bonchev–Trinajstić information content (AvgIpc) is 2.38. The Labute approximate surface area is 106 Å². The summed E-state index contributed by atoms with van der Waals surface area (Å²) in [6, 6.07) is 3.43. The summed E-state index contributed by atoms with van der Waals surface area (Å²) >= 11 is 0. The van der Waals surface area contributed by atoms with Gasteiger partial charge in [-0.1, -0.05) is 6.92 Å². The van der Waals surface area contributed by atoms with Crippen LogP contribution in [0.15, 0.2) is 18.3 Å². The number of anilines is 1. The van der Waals surface area contributed by atoms with Crippen LogP contribution in [0.4, 0.5) is 5.82 Å².